The fraction of sp³-hybridized carbons (Fsp3) is 0.227. The van der Waals surface area contributed by atoms with Gasteiger partial charge < -0.3 is 5.73 Å². The van der Waals surface area contributed by atoms with Crippen LogP contribution in [-0.4, -0.2) is 16.4 Å². The zero-order valence-electron chi connectivity index (χ0n) is 86.4. The summed E-state index contributed by atoms with van der Waals surface area (Å²) >= 11 is 16.3. The second kappa shape index (κ2) is 70.7. The van der Waals surface area contributed by atoms with Crippen LogP contribution in [0.5, 0.6) is 0 Å². The summed E-state index contributed by atoms with van der Waals surface area (Å²) in [5.41, 5.74) is 38.4. The van der Waals surface area contributed by atoms with E-state index in [1.165, 1.54) is 124 Å². The van der Waals surface area contributed by atoms with E-state index in [0.717, 1.165) is 78.4 Å². The molecule has 0 spiro atoms. The molecule has 0 amide bonds. The second-order valence-electron chi connectivity index (χ2n) is 34.2. The molecule has 720 valence electrons. The van der Waals surface area contributed by atoms with Crippen molar-refractivity contribution in [3.05, 3.63) is 560 Å². The number of aryl methyl sites for hydroxylation is 23. The van der Waals surface area contributed by atoms with Crippen LogP contribution in [0.3, 0.4) is 0 Å². The van der Waals surface area contributed by atoms with Crippen molar-refractivity contribution in [2.45, 2.75) is 199 Å². The Labute approximate surface area is 839 Å². The highest BCUT2D eigenvalue weighted by Crippen LogP contribution is 2.27. The molecule has 0 unspecified atom stereocenters. The molecule has 3 nitrogen and oxygen atoms in total. The van der Waals surface area contributed by atoms with Gasteiger partial charge in [0.25, 0.3) is 5.92 Å². The van der Waals surface area contributed by atoms with E-state index in [-0.39, 0.29) is 22.9 Å². The average Bonchev–Trinajstić information content (AvgIpc) is 0.857. The molecular weight excluding hydrogens is 1740 g/mol. The molecule has 0 atom stereocenters. The van der Waals surface area contributed by atoms with E-state index in [0.29, 0.717) is 0 Å². The number of Topliss-reactive ketones (excluding diaryl/α,β-unsaturated/α-hetero) is 2. The highest BCUT2D eigenvalue weighted by molar-refractivity contribution is 7.80. The largest absolute Gasteiger partial charge is 0.399 e. The molecule has 0 bridgehead atoms. The van der Waals surface area contributed by atoms with Gasteiger partial charge in [0.1, 0.15) is 5.82 Å². The molecule has 0 aliphatic heterocycles. The third kappa shape index (κ3) is 64.7. The summed E-state index contributed by atoms with van der Waals surface area (Å²) in [6.45, 7) is 53.4. The normalized spacial score (nSPS) is 9.46. The SMILES string of the molecule is CC(=O)c1ccc(C)cc1.CC(=O)c1cccc(C)c1.CC(=S)c1ccc(C)cc1.CCc1ccc(C)cc1.Cc1ccc(C)cc1.Cc1ccc(C)cc1.Cc1ccc(Cl)cc1.Cc1ccc(F)cc1.Cc1cccc(C(C)(F)F)c1.Cc1cccc(C)c1.Cc1cccc(C)c1.Cc1cccc(C)c1.Cc1cccc(C)c1.Cc1ccccc1.Cc1ccccc1Cl.Cc1ccccc1N. The van der Waals surface area contributed by atoms with Crippen LogP contribution in [0.2, 0.25) is 10.0 Å². The number of nitrogens with two attached hydrogens (primary N) is 1. The third-order valence-electron chi connectivity index (χ3n) is 19.8. The van der Waals surface area contributed by atoms with Gasteiger partial charge in [-0.05, 0) is 244 Å². The molecule has 0 heterocycles. The maximum atomic E-state index is 12.6. The van der Waals surface area contributed by atoms with Crippen molar-refractivity contribution in [1.29, 1.82) is 0 Å². The number of benzene rings is 16. The summed E-state index contributed by atoms with van der Waals surface area (Å²) in [5.74, 6) is -2.63. The minimum atomic E-state index is -2.72. The number of thiocarbonyl (C=S) groups is 1. The maximum Gasteiger partial charge on any atom is 0.270 e. The van der Waals surface area contributed by atoms with Crippen LogP contribution in [0, 0.1) is 158 Å². The number of nitrogen functional groups attached to an aromatic ring is 1. The molecule has 16 aromatic carbocycles. The van der Waals surface area contributed by atoms with Gasteiger partial charge in [-0.3, -0.25) is 9.59 Å². The average molecular weight is 1890 g/mol. The number of rotatable bonds is 5. The van der Waals surface area contributed by atoms with Crippen molar-refractivity contribution in [3.8, 4) is 0 Å². The zero-order chi connectivity index (χ0) is 103. The van der Waals surface area contributed by atoms with Gasteiger partial charge in [0.15, 0.2) is 11.6 Å². The summed E-state index contributed by atoms with van der Waals surface area (Å²) in [6.07, 6.45) is 1.14. The predicted octanol–water partition coefficient (Wildman–Crippen LogP) is 37.6. The molecule has 0 aliphatic carbocycles. The second-order valence-corrected chi connectivity index (χ2v) is 35.6. The molecule has 16 aromatic rings. The van der Waals surface area contributed by atoms with Gasteiger partial charge in [-0.25, -0.2) is 13.2 Å². The van der Waals surface area contributed by atoms with Gasteiger partial charge in [-0.15, -0.1) is 0 Å². The van der Waals surface area contributed by atoms with Crippen LogP contribution in [-0.2, 0) is 12.3 Å². The first-order chi connectivity index (χ1) is 64.7. The van der Waals surface area contributed by atoms with E-state index in [1.807, 2.05) is 188 Å². The molecule has 0 aromatic heterocycles. The Morgan fingerprint density at radius 1 is 0.270 bits per heavy atom. The Morgan fingerprint density at radius 2 is 0.518 bits per heavy atom. The van der Waals surface area contributed by atoms with Gasteiger partial charge in [0, 0.05) is 44.2 Å². The van der Waals surface area contributed by atoms with Crippen molar-refractivity contribution in [1.82, 2.24) is 0 Å². The molecule has 2 N–H and O–H groups in total. The van der Waals surface area contributed by atoms with E-state index >= 15 is 0 Å². The Kier molecular flexibility index (Phi) is 63.1. The van der Waals surface area contributed by atoms with E-state index in [2.05, 4.69) is 317 Å². The number of halogens is 5. The van der Waals surface area contributed by atoms with Crippen LogP contribution in [0.15, 0.2) is 394 Å². The van der Waals surface area contributed by atoms with Crippen molar-refractivity contribution in [2.75, 3.05) is 5.73 Å². The van der Waals surface area contributed by atoms with Gasteiger partial charge in [-0.2, -0.15) is 0 Å². The quantitative estimate of drug-likeness (QED) is 0.106. The first-order valence-electron chi connectivity index (χ1n) is 46.1. The Balaban J connectivity index is 0.000000731. The minimum Gasteiger partial charge on any atom is -0.399 e. The van der Waals surface area contributed by atoms with Crippen molar-refractivity contribution in [2.24, 2.45) is 0 Å². The standard InChI is InChI=1S/C9H10F2.2C9H10O.C9H10S.C9H12.6C8H10.2C7H7Cl.C7H7F.C7H9N.C7H8/c1-7-4-3-5-8(6-7)9(2,10)11;1-7-3-5-9(6-4-7)8(2)10;1-7-4-3-5-9(6-7)8(2)10;1-7-3-5-9(6-4-7)8(2)10;1-3-9-6-4-8(2)5-7-9;2*1-7-3-5-8(2)6-4-7;4*1-7-4-3-5-8(2)6-7;1-6-2-4-7(8)5-3-6;1-6-4-2-3-5-7(6)8;1-6-2-4-7(8)5-3-6;1-6-4-2-3-5-7(6)8;1-7-5-3-2-4-6-7/h3-6H,1-2H3;3*3-6H,1-2H3;4-7H,3H2,1-2H3;6*3-6H,1-2H3;3*2-5H,1H3;2-5H,8H2,1H3;2-6H,1H3. The van der Waals surface area contributed by atoms with E-state index in [9.17, 15) is 22.8 Å². The van der Waals surface area contributed by atoms with Crippen molar-refractivity contribution >= 4 is 57.5 Å². The number of hydrogen-bond donors (Lipinski definition) is 1. The zero-order valence-corrected chi connectivity index (χ0v) is 88.8. The van der Waals surface area contributed by atoms with Crippen LogP contribution >= 0.6 is 35.4 Å². The van der Waals surface area contributed by atoms with Crippen LogP contribution in [0.25, 0.3) is 0 Å². The lowest BCUT2D eigenvalue weighted by Gasteiger charge is -2.10. The van der Waals surface area contributed by atoms with Crippen LogP contribution in [0.1, 0.15) is 194 Å². The number of alkyl halides is 2. The summed E-state index contributed by atoms with van der Waals surface area (Å²) < 4.78 is 37.4. The molecule has 0 fully saturated rings. The van der Waals surface area contributed by atoms with Gasteiger partial charge in [-0.1, -0.05) is 505 Å². The highest BCUT2D eigenvalue weighted by atomic mass is 35.5. The first kappa shape index (κ1) is 122. The lowest BCUT2D eigenvalue weighted by Crippen LogP contribution is -2.06. The van der Waals surface area contributed by atoms with Gasteiger partial charge >= 0.3 is 0 Å². The number of para-hydroxylation sites is 1. The third-order valence-corrected chi connectivity index (χ3v) is 20.7. The van der Waals surface area contributed by atoms with Crippen LogP contribution in [0.4, 0.5) is 18.9 Å². The van der Waals surface area contributed by atoms with Gasteiger partial charge in [0.2, 0.25) is 0 Å². The molecule has 16 rings (SSSR count). The fourth-order valence-electron chi connectivity index (χ4n) is 11.4. The smallest absolute Gasteiger partial charge is 0.270 e. The highest BCUT2D eigenvalue weighted by Gasteiger charge is 2.23. The number of ketones is 2. The summed E-state index contributed by atoms with van der Waals surface area (Å²) in [6, 6.07) is 129. The number of carbonyl (C=O) groups is 2. The maximum absolute atomic E-state index is 12.6. The first-order valence-corrected chi connectivity index (χ1v) is 47.3. The Hall–Kier alpha value is -12.9. The Morgan fingerprint density at radius 3 is 0.730 bits per heavy atom. The minimum absolute atomic E-state index is 0.0810. The fourth-order valence-corrected chi connectivity index (χ4v) is 11.8. The molecule has 0 saturated heterocycles. The van der Waals surface area contributed by atoms with E-state index in [1.54, 1.807) is 45.0 Å². The van der Waals surface area contributed by atoms with Crippen LogP contribution < -0.4 is 5.73 Å². The monoisotopic (exact) mass is 1890 g/mol. The number of hydrogen-bond acceptors (Lipinski definition) is 4. The molecule has 0 saturated carbocycles. The van der Waals surface area contributed by atoms with Gasteiger partial charge in [0.05, 0.1) is 0 Å². The molecular formula is C128H150Cl2F3NO2S. The summed E-state index contributed by atoms with van der Waals surface area (Å²) in [4.78, 5) is 22.5. The molecule has 0 radical (unpaired) electrons. The number of anilines is 1. The molecule has 0 aliphatic rings. The molecule has 137 heavy (non-hydrogen) atoms. The number of carbonyl (C=O) groups excluding carboxylic acids is 2. The van der Waals surface area contributed by atoms with Crippen molar-refractivity contribution < 1.29 is 22.8 Å². The summed E-state index contributed by atoms with van der Waals surface area (Å²) in [5, 5.41) is 1.64. The van der Waals surface area contributed by atoms with E-state index < -0.39 is 5.92 Å². The Bertz CT molecular complexity index is 5330. The lowest BCUT2D eigenvalue weighted by molar-refractivity contribution is 0.0174. The topological polar surface area (TPSA) is 60.2 Å². The molecule has 9 heteroatoms. The summed E-state index contributed by atoms with van der Waals surface area (Å²) in [7, 11) is 0. The lowest BCUT2D eigenvalue weighted by atomic mass is 10.1. The van der Waals surface area contributed by atoms with E-state index in [4.69, 9.17) is 41.2 Å². The van der Waals surface area contributed by atoms with Crippen molar-refractivity contribution in [3.63, 3.8) is 0 Å². The predicted molar refractivity (Wildman–Crippen MR) is 598 cm³/mol.